The van der Waals surface area contributed by atoms with Gasteiger partial charge in [-0.05, 0) is 31.5 Å². The Morgan fingerprint density at radius 3 is 2.48 bits per heavy atom. The van der Waals surface area contributed by atoms with E-state index in [1.54, 1.807) is 23.7 Å². The lowest BCUT2D eigenvalue weighted by molar-refractivity contribution is 0.171. The van der Waals surface area contributed by atoms with Crippen LogP contribution in [0.2, 0.25) is 0 Å². The highest BCUT2D eigenvalue weighted by Gasteiger charge is 2.17. The fourth-order valence-electron chi connectivity index (χ4n) is 2.16. The Bertz CT molecular complexity index is 568. The molecule has 0 spiro atoms. The zero-order valence-corrected chi connectivity index (χ0v) is 13.8. The lowest BCUT2D eigenvalue weighted by Gasteiger charge is -2.16. The van der Waals surface area contributed by atoms with Gasteiger partial charge in [0, 0.05) is 35.8 Å². The molecule has 2 atom stereocenters. The van der Waals surface area contributed by atoms with Crippen LogP contribution in [0.3, 0.4) is 0 Å². The summed E-state index contributed by atoms with van der Waals surface area (Å²) in [4.78, 5) is 9.84. The molecule has 0 aliphatic heterocycles. The Morgan fingerprint density at radius 1 is 1.24 bits per heavy atom. The summed E-state index contributed by atoms with van der Waals surface area (Å²) >= 11 is 1.76. The summed E-state index contributed by atoms with van der Waals surface area (Å²) in [7, 11) is 0. The van der Waals surface area contributed by atoms with Gasteiger partial charge in [0.2, 0.25) is 0 Å². The van der Waals surface area contributed by atoms with Crippen molar-refractivity contribution in [1.29, 1.82) is 0 Å². The summed E-state index contributed by atoms with van der Waals surface area (Å²) in [6.07, 6.45) is 2.88. The zero-order chi connectivity index (χ0) is 15.4. The second kappa shape index (κ2) is 7.11. The SMILES string of the molecule is Cc1nc(C(C)C)sc1C(C)NCC(O)c1ccncc1. The van der Waals surface area contributed by atoms with Crippen molar-refractivity contribution < 1.29 is 5.11 Å². The molecule has 2 unspecified atom stereocenters. The highest BCUT2D eigenvalue weighted by Crippen LogP contribution is 2.29. The number of pyridine rings is 1. The van der Waals surface area contributed by atoms with E-state index < -0.39 is 6.10 Å². The average molecular weight is 305 g/mol. The summed E-state index contributed by atoms with van der Waals surface area (Å²) in [6.45, 7) is 9.00. The van der Waals surface area contributed by atoms with E-state index in [0.717, 1.165) is 11.3 Å². The first-order valence-corrected chi connectivity index (χ1v) is 8.09. The predicted molar refractivity (Wildman–Crippen MR) is 86.6 cm³/mol. The number of hydrogen-bond acceptors (Lipinski definition) is 5. The molecular formula is C16H23N3OS. The van der Waals surface area contributed by atoms with E-state index in [4.69, 9.17) is 0 Å². The first kappa shape index (κ1) is 16.1. The van der Waals surface area contributed by atoms with Gasteiger partial charge in [0.1, 0.15) is 0 Å². The molecule has 0 radical (unpaired) electrons. The fraction of sp³-hybridized carbons (Fsp3) is 0.500. The fourth-order valence-corrected chi connectivity index (χ4v) is 3.26. The number of aliphatic hydroxyl groups excluding tert-OH is 1. The highest BCUT2D eigenvalue weighted by atomic mass is 32.1. The molecule has 2 heterocycles. The van der Waals surface area contributed by atoms with E-state index in [2.05, 4.69) is 43.0 Å². The van der Waals surface area contributed by atoms with Crippen LogP contribution in [0, 0.1) is 6.92 Å². The minimum absolute atomic E-state index is 0.187. The molecule has 21 heavy (non-hydrogen) atoms. The lowest BCUT2D eigenvalue weighted by Crippen LogP contribution is -2.24. The van der Waals surface area contributed by atoms with E-state index in [-0.39, 0.29) is 6.04 Å². The molecule has 2 aromatic heterocycles. The molecule has 0 amide bonds. The molecule has 0 saturated carbocycles. The van der Waals surface area contributed by atoms with Crippen molar-refractivity contribution in [3.05, 3.63) is 45.7 Å². The van der Waals surface area contributed by atoms with Gasteiger partial charge in [0.15, 0.2) is 0 Å². The predicted octanol–water partition coefficient (Wildman–Crippen LogP) is 3.35. The van der Waals surface area contributed by atoms with Gasteiger partial charge in [-0.1, -0.05) is 13.8 Å². The maximum atomic E-state index is 10.2. The molecule has 0 aliphatic rings. The second-order valence-electron chi connectivity index (χ2n) is 5.58. The van der Waals surface area contributed by atoms with Gasteiger partial charge in [-0.3, -0.25) is 4.98 Å². The third-order valence-electron chi connectivity index (χ3n) is 3.44. The van der Waals surface area contributed by atoms with E-state index in [1.807, 2.05) is 12.1 Å². The minimum Gasteiger partial charge on any atom is -0.387 e. The highest BCUT2D eigenvalue weighted by molar-refractivity contribution is 7.11. The van der Waals surface area contributed by atoms with Crippen molar-refractivity contribution >= 4 is 11.3 Å². The van der Waals surface area contributed by atoms with Crippen LogP contribution in [-0.4, -0.2) is 21.6 Å². The minimum atomic E-state index is -0.520. The molecular weight excluding hydrogens is 282 g/mol. The lowest BCUT2D eigenvalue weighted by atomic mass is 10.1. The Kier molecular flexibility index (Phi) is 5.45. The molecule has 0 saturated heterocycles. The Morgan fingerprint density at radius 2 is 1.90 bits per heavy atom. The topological polar surface area (TPSA) is 58.0 Å². The van der Waals surface area contributed by atoms with Crippen LogP contribution >= 0.6 is 11.3 Å². The van der Waals surface area contributed by atoms with E-state index >= 15 is 0 Å². The monoisotopic (exact) mass is 305 g/mol. The van der Waals surface area contributed by atoms with Gasteiger partial charge in [-0.25, -0.2) is 4.98 Å². The van der Waals surface area contributed by atoms with Crippen molar-refractivity contribution in [2.24, 2.45) is 0 Å². The quantitative estimate of drug-likeness (QED) is 0.859. The van der Waals surface area contributed by atoms with Gasteiger partial charge < -0.3 is 10.4 Å². The first-order chi connectivity index (χ1) is 9.99. The summed E-state index contributed by atoms with van der Waals surface area (Å²) in [5, 5.41) is 14.7. The number of rotatable bonds is 6. The number of thiazole rings is 1. The number of aryl methyl sites for hydroxylation is 1. The van der Waals surface area contributed by atoms with Crippen molar-refractivity contribution in [3.8, 4) is 0 Å². The van der Waals surface area contributed by atoms with Gasteiger partial charge in [-0.2, -0.15) is 0 Å². The number of aromatic nitrogens is 2. The second-order valence-corrected chi connectivity index (χ2v) is 6.64. The van der Waals surface area contributed by atoms with Gasteiger partial charge in [0.05, 0.1) is 16.8 Å². The van der Waals surface area contributed by atoms with Crippen LogP contribution in [0.1, 0.15) is 60.0 Å². The summed E-state index contributed by atoms with van der Waals surface area (Å²) in [5.41, 5.74) is 1.97. The van der Waals surface area contributed by atoms with Crippen molar-refractivity contribution in [1.82, 2.24) is 15.3 Å². The molecule has 4 nitrogen and oxygen atoms in total. The van der Waals surface area contributed by atoms with Crippen molar-refractivity contribution in [2.45, 2.75) is 45.8 Å². The van der Waals surface area contributed by atoms with Crippen LogP contribution in [0.5, 0.6) is 0 Å². The first-order valence-electron chi connectivity index (χ1n) is 7.27. The third-order valence-corrected chi connectivity index (χ3v) is 5.09. The molecule has 0 aliphatic carbocycles. The van der Waals surface area contributed by atoms with Crippen molar-refractivity contribution in [2.75, 3.05) is 6.54 Å². The third kappa shape index (κ3) is 4.09. The number of hydrogen-bond donors (Lipinski definition) is 2. The van der Waals surface area contributed by atoms with Gasteiger partial charge >= 0.3 is 0 Å². The Hall–Kier alpha value is -1.30. The number of aliphatic hydroxyl groups is 1. The van der Waals surface area contributed by atoms with E-state index in [0.29, 0.717) is 12.5 Å². The van der Waals surface area contributed by atoms with Crippen molar-refractivity contribution in [3.63, 3.8) is 0 Å². The molecule has 0 fully saturated rings. The standard InChI is InChI=1S/C16H23N3OS/c1-10(2)16-19-12(4)15(21-16)11(3)18-9-14(20)13-5-7-17-8-6-13/h5-8,10-11,14,18,20H,9H2,1-4H3. The maximum Gasteiger partial charge on any atom is 0.0956 e. The van der Waals surface area contributed by atoms with Crippen LogP contribution < -0.4 is 5.32 Å². The van der Waals surface area contributed by atoms with Crippen LogP contribution in [0.15, 0.2) is 24.5 Å². The summed E-state index contributed by atoms with van der Waals surface area (Å²) in [6, 6.07) is 3.86. The normalized spacial score (nSPS) is 14.4. The van der Waals surface area contributed by atoms with E-state index in [1.165, 1.54) is 9.88 Å². The molecule has 2 N–H and O–H groups in total. The van der Waals surface area contributed by atoms with Gasteiger partial charge in [0.25, 0.3) is 0 Å². The molecule has 5 heteroatoms. The number of nitrogens with one attached hydrogen (secondary N) is 1. The molecule has 2 aromatic rings. The molecule has 2 rings (SSSR count). The summed E-state index contributed by atoms with van der Waals surface area (Å²) in [5.74, 6) is 0.456. The van der Waals surface area contributed by atoms with Crippen LogP contribution in [0.25, 0.3) is 0 Å². The molecule has 0 bridgehead atoms. The summed E-state index contributed by atoms with van der Waals surface area (Å²) < 4.78 is 0. The Balaban J connectivity index is 1.97. The smallest absolute Gasteiger partial charge is 0.0956 e. The molecule has 114 valence electrons. The zero-order valence-electron chi connectivity index (χ0n) is 13.0. The van der Waals surface area contributed by atoms with Crippen LogP contribution in [-0.2, 0) is 0 Å². The molecule has 0 aromatic carbocycles. The van der Waals surface area contributed by atoms with Gasteiger partial charge in [-0.15, -0.1) is 11.3 Å². The van der Waals surface area contributed by atoms with E-state index in [9.17, 15) is 5.11 Å². The number of nitrogens with zero attached hydrogens (tertiary/aromatic N) is 2. The average Bonchev–Trinajstić information content (AvgIpc) is 2.87. The Labute approximate surface area is 130 Å². The maximum absolute atomic E-state index is 10.2. The largest absolute Gasteiger partial charge is 0.387 e. The van der Waals surface area contributed by atoms with Crippen LogP contribution in [0.4, 0.5) is 0 Å².